The number of methoxy groups -OCH3 is 1. The molecule has 0 saturated carbocycles. The highest BCUT2D eigenvalue weighted by Crippen LogP contribution is 2.27. The van der Waals surface area contributed by atoms with Crippen LogP contribution in [-0.2, 0) is 4.74 Å². The lowest BCUT2D eigenvalue weighted by molar-refractivity contribution is -0.384. The molecule has 0 radical (unpaired) electrons. The number of nitrogens with one attached hydrogen (secondary N) is 2. The molecule has 1 unspecified atom stereocenters. The summed E-state index contributed by atoms with van der Waals surface area (Å²) in [5.74, 6) is -0.378. The molecule has 0 aromatic heterocycles. The van der Waals surface area contributed by atoms with Crippen molar-refractivity contribution in [2.45, 2.75) is 13.0 Å². The molecule has 1 amide bonds. The van der Waals surface area contributed by atoms with Gasteiger partial charge in [0.05, 0.1) is 16.6 Å². The van der Waals surface area contributed by atoms with Crippen molar-refractivity contribution in [3.8, 4) is 0 Å². The summed E-state index contributed by atoms with van der Waals surface area (Å²) in [6, 6.07) is 4.36. The van der Waals surface area contributed by atoms with Gasteiger partial charge in [-0.25, -0.2) is 0 Å². The Bertz CT molecular complexity index is 476. The molecule has 0 spiro atoms. The average molecular weight is 267 g/mol. The number of anilines is 1. The zero-order valence-corrected chi connectivity index (χ0v) is 11.1. The lowest BCUT2D eigenvalue weighted by Crippen LogP contribution is -2.32. The van der Waals surface area contributed by atoms with E-state index in [2.05, 4.69) is 10.6 Å². The number of hydrogen-bond donors (Lipinski definition) is 2. The molecule has 19 heavy (non-hydrogen) atoms. The molecular weight excluding hydrogens is 250 g/mol. The summed E-state index contributed by atoms with van der Waals surface area (Å²) in [6.07, 6.45) is -0.124. The van der Waals surface area contributed by atoms with Crippen LogP contribution >= 0.6 is 0 Å². The highest BCUT2D eigenvalue weighted by molar-refractivity contribution is 6.01. The lowest BCUT2D eigenvalue weighted by Gasteiger charge is -2.13. The van der Waals surface area contributed by atoms with Gasteiger partial charge in [-0.15, -0.1) is 0 Å². The number of ether oxygens (including phenoxy) is 1. The van der Waals surface area contributed by atoms with Gasteiger partial charge in [-0.3, -0.25) is 14.9 Å². The first kappa shape index (κ1) is 14.9. The van der Waals surface area contributed by atoms with E-state index < -0.39 is 4.92 Å². The van der Waals surface area contributed by atoms with Gasteiger partial charge in [-0.2, -0.15) is 0 Å². The van der Waals surface area contributed by atoms with E-state index in [0.29, 0.717) is 6.54 Å². The van der Waals surface area contributed by atoms with Crippen molar-refractivity contribution in [3.63, 3.8) is 0 Å². The summed E-state index contributed by atoms with van der Waals surface area (Å²) in [6.45, 7) is 2.15. The van der Waals surface area contributed by atoms with Crippen LogP contribution in [0.5, 0.6) is 0 Å². The summed E-state index contributed by atoms with van der Waals surface area (Å²) >= 11 is 0. The number of para-hydroxylation sites is 1. The zero-order valence-electron chi connectivity index (χ0n) is 11.1. The van der Waals surface area contributed by atoms with E-state index in [4.69, 9.17) is 4.74 Å². The molecule has 7 nitrogen and oxygen atoms in total. The van der Waals surface area contributed by atoms with Crippen molar-refractivity contribution < 1.29 is 14.5 Å². The number of hydrogen-bond acceptors (Lipinski definition) is 5. The third kappa shape index (κ3) is 3.65. The quantitative estimate of drug-likeness (QED) is 0.600. The maximum atomic E-state index is 12.0. The first-order valence-electron chi connectivity index (χ1n) is 5.77. The van der Waals surface area contributed by atoms with Crippen molar-refractivity contribution in [2.75, 3.05) is 26.0 Å². The molecule has 0 fully saturated rings. The minimum absolute atomic E-state index is 0.124. The predicted octanol–water partition coefficient (Wildman–Crippen LogP) is 1.40. The Morgan fingerprint density at radius 3 is 2.74 bits per heavy atom. The van der Waals surface area contributed by atoms with Crippen LogP contribution in [0.25, 0.3) is 0 Å². The van der Waals surface area contributed by atoms with Crippen LogP contribution in [0.1, 0.15) is 17.3 Å². The molecule has 0 heterocycles. The Balaban J connectivity index is 2.96. The normalized spacial score (nSPS) is 11.7. The minimum atomic E-state index is -0.527. The van der Waals surface area contributed by atoms with E-state index in [1.807, 2.05) is 6.92 Å². The third-order valence-corrected chi connectivity index (χ3v) is 2.69. The van der Waals surface area contributed by atoms with Gasteiger partial charge in [-0.1, -0.05) is 6.07 Å². The van der Waals surface area contributed by atoms with Gasteiger partial charge in [-0.05, 0) is 13.0 Å². The Morgan fingerprint density at radius 1 is 1.53 bits per heavy atom. The van der Waals surface area contributed by atoms with Crippen LogP contribution in [0.3, 0.4) is 0 Å². The number of rotatable bonds is 6. The summed E-state index contributed by atoms with van der Waals surface area (Å²) in [7, 11) is 3.08. The number of carbonyl (C=O) groups is 1. The molecular formula is C12H17N3O4. The van der Waals surface area contributed by atoms with Crippen LogP contribution in [0.15, 0.2) is 18.2 Å². The molecule has 0 aliphatic carbocycles. The van der Waals surface area contributed by atoms with Gasteiger partial charge in [0.1, 0.15) is 5.69 Å². The summed E-state index contributed by atoms with van der Waals surface area (Å²) in [5, 5.41) is 16.2. The summed E-state index contributed by atoms with van der Waals surface area (Å²) in [5.41, 5.74) is 0.310. The molecule has 0 aliphatic rings. The number of benzene rings is 1. The fourth-order valence-electron chi connectivity index (χ4n) is 1.56. The molecule has 7 heteroatoms. The highest BCUT2D eigenvalue weighted by Gasteiger charge is 2.20. The zero-order chi connectivity index (χ0) is 14.4. The highest BCUT2D eigenvalue weighted by atomic mass is 16.6. The first-order chi connectivity index (χ1) is 9.01. The summed E-state index contributed by atoms with van der Waals surface area (Å²) in [4.78, 5) is 22.3. The molecule has 0 bridgehead atoms. The fraction of sp³-hybridized carbons (Fsp3) is 0.417. The van der Waals surface area contributed by atoms with E-state index in [0.717, 1.165) is 0 Å². The SMILES string of the molecule is CNc1c(C(=O)NCC(C)OC)cccc1[N+](=O)[O-]. The molecule has 1 aromatic carbocycles. The second-order valence-corrected chi connectivity index (χ2v) is 3.96. The standard InChI is InChI=1S/C12H17N3O4/c1-8(19-3)7-14-12(16)9-5-4-6-10(15(17)18)11(9)13-2/h4-6,8,13H,7H2,1-3H3,(H,14,16). The van der Waals surface area contributed by atoms with Gasteiger partial charge in [0.15, 0.2) is 0 Å². The average Bonchev–Trinajstić information content (AvgIpc) is 2.43. The van der Waals surface area contributed by atoms with Gasteiger partial charge >= 0.3 is 0 Å². The van der Waals surface area contributed by atoms with Crippen molar-refractivity contribution >= 4 is 17.3 Å². The minimum Gasteiger partial charge on any atom is -0.382 e. The topological polar surface area (TPSA) is 93.5 Å². The fourth-order valence-corrected chi connectivity index (χ4v) is 1.56. The van der Waals surface area contributed by atoms with Crippen LogP contribution in [0.2, 0.25) is 0 Å². The van der Waals surface area contributed by atoms with Crippen LogP contribution in [0.4, 0.5) is 11.4 Å². The summed E-state index contributed by atoms with van der Waals surface area (Å²) < 4.78 is 5.02. The number of nitro benzene ring substituents is 1. The van der Waals surface area contributed by atoms with Gasteiger partial charge in [0.25, 0.3) is 11.6 Å². The van der Waals surface area contributed by atoms with Crippen LogP contribution in [0, 0.1) is 10.1 Å². The predicted molar refractivity (Wildman–Crippen MR) is 71.4 cm³/mol. The Hall–Kier alpha value is -2.15. The third-order valence-electron chi connectivity index (χ3n) is 2.69. The van der Waals surface area contributed by atoms with Gasteiger partial charge in [0.2, 0.25) is 0 Å². The van der Waals surface area contributed by atoms with Crippen LogP contribution < -0.4 is 10.6 Å². The van der Waals surface area contributed by atoms with Crippen molar-refractivity contribution in [1.82, 2.24) is 5.32 Å². The smallest absolute Gasteiger partial charge is 0.293 e. The maximum Gasteiger partial charge on any atom is 0.293 e. The Morgan fingerprint density at radius 2 is 2.21 bits per heavy atom. The second kappa shape index (κ2) is 6.69. The lowest BCUT2D eigenvalue weighted by atomic mass is 10.1. The molecule has 1 aromatic rings. The number of carbonyl (C=O) groups excluding carboxylic acids is 1. The van der Waals surface area contributed by atoms with Crippen LogP contribution in [-0.4, -0.2) is 37.6 Å². The molecule has 104 valence electrons. The van der Waals surface area contributed by atoms with E-state index in [1.165, 1.54) is 25.2 Å². The van der Waals surface area contributed by atoms with Gasteiger partial charge < -0.3 is 15.4 Å². The van der Waals surface area contributed by atoms with E-state index in [9.17, 15) is 14.9 Å². The Kier molecular flexibility index (Phi) is 5.25. The molecule has 1 rings (SSSR count). The van der Waals surface area contributed by atoms with E-state index in [1.54, 1.807) is 7.11 Å². The van der Waals surface area contributed by atoms with Gasteiger partial charge in [0, 0.05) is 26.8 Å². The second-order valence-electron chi connectivity index (χ2n) is 3.96. The Labute approximate surface area is 111 Å². The van der Waals surface area contributed by atoms with Crippen molar-refractivity contribution in [2.24, 2.45) is 0 Å². The molecule has 0 aliphatic heterocycles. The molecule has 0 saturated heterocycles. The van der Waals surface area contributed by atoms with Crippen molar-refractivity contribution in [1.29, 1.82) is 0 Å². The van der Waals surface area contributed by atoms with E-state index in [-0.39, 0.29) is 28.9 Å². The van der Waals surface area contributed by atoms with E-state index >= 15 is 0 Å². The maximum absolute atomic E-state index is 12.0. The number of nitrogens with zero attached hydrogens (tertiary/aromatic N) is 1. The number of nitro groups is 1. The monoisotopic (exact) mass is 267 g/mol. The largest absolute Gasteiger partial charge is 0.382 e. The first-order valence-corrected chi connectivity index (χ1v) is 5.77. The van der Waals surface area contributed by atoms with Crippen molar-refractivity contribution in [3.05, 3.63) is 33.9 Å². The molecule has 1 atom stereocenters. The molecule has 2 N–H and O–H groups in total. The number of amides is 1.